The van der Waals surface area contributed by atoms with E-state index < -0.39 is 16.7 Å². The lowest BCUT2D eigenvalue weighted by atomic mass is 10.2. The van der Waals surface area contributed by atoms with Gasteiger partial charge in [0.2, 0.25) is 0 Å². The van der Waals surface area contributed by atoms with E-state index in [-0.39, 0.29) is 5.56 Å². The van der Waals surface area contributed by atoms with Crippen LogP contribution in [0.5, 0.6) is 0 Å². The van der Waals surface area contributed by atoms with Gasteiger partial charge in [0, 0.05) is 6.54 Å². The fourth-order valence-corrected chi connectivity index (χ4v) is 1.88. The molecule has 1 saturated carbocycles. The molecule has 1 aromatic rings. The molecule has 1 aliphatic rings. The Balaban J connectivity index is 2.00. The van der Waals surface area contributed by atoms with Crippen molar-refractivity contribution in [3.63, 3.8) is 0 Å². The molecule has 0 saturated heterocycles. The molecule has 0 unspecified atom stereocenters. The molecule has 1 aliphatic carbocycles. The van der Waals surface area contributed by atoms with Crippen LogP contribution in [0, 0.1) is 16.0 Å². The average molecular weight is 265 g/mol. The summed E-state index contributed by atoms with van der Waals surface area (Å²) in [4.78, 5) is 24.5. The number of nitrogens with zero attached hydrogens (tertiary/aromatic N) is 2. The van der Waals surface area contributed by atoms with Crippen molar-refractivity contribution < 1.29 is 14.8 Å². The Labute approximate surface area is 109 Å². The summed E-state index contributed by atoms with van der Waals surface area (Å²) in [7, 11) is 0. The number of nitrogens with one attached hydrogen (secondary N) is 1. The third-order valence-electron chi connectivity index (χ3n) is 3.11. The molecular formula is C12H15N3O4. The molecule has 0 amide bonds. The number of carbonyl (C=O) groups is 1. The number of hydrogen-bond donors (Lipinski definition) is 2. The van der Waals surface area contributed by atoms with E-state index in [2.05, 4.69) is 10.3 Å². The van der Waals surface area contributed by atoms with E-state index in [1.807, 2.05) is 0 Å². The van der Waals surface area contributed by atoms with Crippen LogP contribution in [0.1, 0.15) is 36.0 Å². The van der Waals surface area contributed by atoms with Crippen molar-refractivity contribution in [2.24, 2.45) is 5.92 Å². The lowest BCUT2D eigenvalue weighted by Gasteiger charge is -2.07. The topological polar surface area (TPSA) is 105 Å². The van der Waals surface area contributed by atoms with Crippen molar-refractivity contribution in [3.05, 3.63) is 27.9 Å². The molecule has 19 heavy (non-hydrogen) atoms. The number of aromatic nitrogens is 1. The van der Waals surface area contributed by atoms with Gasteiger partial charge in [0.25, 0.3) is 0 Å². The zero-order valence-electron chi connectivity index (χ0n) is 10.3. The van der Waals surface area contributed by atoms with E-state index in [9.17, 15) is 14.9 Å². The SMILES string of the molecule is O=C(O)c1cc([N+](=O)[O-])ncc1NCCCC1CC1. The maximum Gasteiger partial charge on any atom is 0.364 e. The molecular weight excluding hydrogens is 250 g/mol. The quantitative estimate of drug-likeness (QED) is 0.445. The Morgan fingerprint density at radius 1 is 1.58 bits per heavy atom. The van der Waals surface area contributed by atoms with Gasteiger partial charge in [0.15, 0.2) is 6.20 Å². The van der Waals surface area contributed by atoms with Gasteiger partial charge in [-0.05, 0) is 28.7 Å². The van der Waals surface area contributed by atoms with E-state index in [4.69, 9.17) is 5.11 Å². The number of nitro groups is 1. The summed E-state index contributed by atoms with van der Waals surface area (Å²) in [5.74, 6) is -0.827. The smallest absolute Gasteiger partial charge is 0.364 e. The summed E-state index contributed by atoms with van der Waals surface area (Å²) in [6, 6.07) is 0.978. The zero-order chi connectivity index (χ0) is 13.8. The third-order valence-corrected chi connectivity index (χ3v) is 3.11. The summed E-state index contributed by atoms with van der Waals surface area (Å²) >= 11 is 0. The number of carboxylic acid groups (broad SMARTS) is 1. The number of aromatic carboxylic acids is 1. The standard InChI is InChI=1S/C12H15N3O4/c16-12(17)9-6-11(15(18)19)14-7-10(9)13-5-1-2-8-3-4-8/h6-8,13H,1-5H2,(H,16,17). The Bertz CT molecular complexity index is 500. The maximum atomic E-state index is 11.1. The van der Waals surface area contributed by atoms with E-state index in [1.54, 1.807) is 0 Å². The van der Waals surface area contributed by atoms with Gasteiger partial charge in [-0.15, -0.1) is 0 Å². The van der Waals surface area contributed by atoms with Gasteiger partial charge in [-0.2, -0.15) is 0 Å². The molecule has 2 rings (SSSR count). The molecule has 0 bridgehead atoms. The van der Waals surface area contributed by atoms with Crippen LogP contribution in [0.3, 0.4) is 0 Å². The van der Waals surface area contributed by atoms with Gasteiger partial charge in [-0.3, -0.25) is 0 Å². The predicted molar refractivity (Wildman–Crippen MR) is 68.3 cm³/mol. The highest BCUT2D eigenvalue weighted by atomic mass is 16.6. The van der Waals surface area contributed by atoms with Gasteiger partial charge >= 0.3 is 11.8 Å². The van der Waals surface area contributed by atoms with Gasteiger partial charge in [0.05, 0.1) is 17.3 Å². The number of anilines is 1. The molecule has 0 spiro atoms. The second kappa shape index (κ2) is 5.64. The lowest BCUT2D eigenvalue weighted by molar-refractivity contribution is -0.389. The van der Waals surface area contributed by atoms with Crippen LogP contribution in [0.25, 0.3) is 0 Å². The van der Waals surface area contributed by atoms with E-state index >= 15 is 0 Å². The largest absolute Gasteiger partial charge is 0.478 e. The minimum absolute atomic E-state index is 0.117. The summed E-state index contributed by atoms with van der Waals surface area (Å²) in [5.41, 5.74) is 0.210. The van der Waals surface area contributed by atoms with Gasteiger partial charge in [-0.25, -0.2) is 4.79 Å². The zero-order valence-corrected chi connectivity index (χ0v) is 10.3. The van der Waals surface area contributed by atoms with Gasteiger partial charge < -0.3 is 20.5 Å². The first kappa shape index (κ1) is 13.3. The second-order valence-corrected chi connectivity index (χ2v) is 4.66. The van der Waals surface area contributed by atoms with E-state index in [1.165, 1.54) is 19.0 Å². The second-order valence-electron chi connectivity index (χ2n) is 4.66. The van der Waals surface area contributed by atoms with Gasteiger partial charge in [0.1, 0.15) is 0 Å². The third kappa shape index (κ3) is 3.64. The van der Waals surface area contributed by atoms with Crippen LogP contribution in [0.2, 0.25) is 0 Å². The van der Waals surface area contributed by atoms with Crippen molar-refractivity contribution in [2.75, 3.05) is 11.9 Å². The number of pyridine rings is 1. The summed E-state index contributed by atoms with van der Waals surface area (Å²) in [6.45, 7) is 0.649. The highest BCUT2D eigenvalue weighted by Gasteiger charge is 2.21. The van der Waals surface area contributed by atoms with Crippen LogP contribution in [0.4, 0.5) is 11.5 Å². The fourth-order valence-electron chi connectivity index (χ4n) is 1.88. The molecule has 0 radical (unpaired) electrons. The molecule has 0 atom stereocenters. The monoisotopic (exact) mass is 265 g/mol. The normalized spacial score (nSPS) is 14.1. The lowest BCUT2D eigenvalue weighted by Crippen LogP contribution is -2.09. The predicted octanol–water partition coefficient (Wildman–Crippen LogP) is 2.29. The Hall–Kier alpha value is -2.18. The Kier molecular flexibility index (Phi) is 3.94. The Morgan fingerprint density at radius 2 is 2.32 bits per heavy atom. The first-order valence-corrected chi connectivity index (χ1v) is 6.19. The molecule has 0 aliphatic heterocycles. The summed E-state index contributed by atoms with van der Waals surface area (Å²) in [5, 5.41) is 22.6. The van der Waals surface area contributed by atoms with E-state index in [0.29, 0.717) is 12.2 Å². The maximum absolute atomic E-state index is 11.1. The first-order chi connectivity index (χ1) is 9.08. The van der Waals surface area contributed by atoms with Crippen LogP contribution in [-0.2, 0) is 0 Å². The average Bonchev–Trinajstić information content (AvgIpc) is 3.18. The van der Waals surface area contributed by atoms with Crippen molar-refractivity contribution in [1.29, 1.82) is 0 Å². The fraction of sp³-hybridized carbons (Fsp3) is 0.500. The van der Waals surface area contributed by atoms with Crippen molar-refractivity contribution >= 4 is 17.5 Å². The highest BCUT2D eigenvalue weighted by Crippen LogP contribution is 2.33. The molecule has 1 fully saturated rings. The molecule has 2 N–H and O–H groups in total. The molecule has 7 heteroatoms. The van der Waals surface area contributed by atoms with Crippen molar-refractivity contribution in [2.45, 2.75) is 25.7 Å². The van der Waals surface area contributed by atoms with Gasteiger partial charge in [-0.1, -0.05) is 12.8 Å². The van der Waals surface area contributed by atoms with Crippen molar-refractivity contribution in [3.8, 4) is 0 Å². The minimum Gasteiger partial charge on any atom is -0.478 e. The summed E-state index contributed by atoms with van der Waals surface area (Å²) in [6.07, 6.45) is 5.88. The first-order valence-electron chi connectivity index (χ1n) is 6.19. The Morgan fingerprint density at radius 3 is 2.89 bits per heavy atom. The van der Waals surface area contributed by atoms with Crippen LogP contribution >= 0.6 is 0 Å². The molecule has 0 aromatic carbocycles. The van der Waals surface area contributed by atoms with Crippen LogP contribution < -0.4 is 5.32 Å². The molecule has 1 heterocycles. The van der Waals surface area contributed by atoms with E-state index in [0.717, 1.165) is 24.8 Å². The number of rotatable bonds is 7. The molecule has 7 nitrogen and oxygen atoms in total. The van der Waals surface area contributed by atoms with Crippen molar-refractivity contribution in [1.82, 2.24) is 4.98 Å². The number of carboxylic acids is 1. The highest BCUT2D eigenvalue weighted by molar-refractivity contribution is 5.94. The van der Waals surface area contributed by atoms with Crippen LogP contribution in [0.15, 0.2) is 12.3 Å². The minimum atomic E-state index is -1.20. The summed E-state index contributed by atoms with van der Waals surface area (Å²) < 4.78 is 0. The molecule has 1 aromatic heterocycles. The number of hydrogen-bond acceptors (Lipinski definition) is 5. The van der Waals surface area contributed by atoms with Crippen LogP contribution in [-0.4, -0.2) is 27.5 Å². The molecule has 102 valence electrons.